The van der Waals surface area contributed by atoms with Gasteiger partial charge in [0.05, 0.1) is 0 Å². The van der Waals surface area contributed by atoms with E-state index in [-0.39, 0.29) is 0 Å². The maximum atomic E-state index is 11.2. The van der Waals surface area contributed by atoms with E-state index in [2.05, 4.69) is 0 Å². The van der Waals surface area contributed by atoms with Crippen molar-refractivity contribution in [2.45, 2.75) is 24.9 Å². The lowest BCUT2D eigenvalue weighted by molar-refractivity contribution is -0.160. The molecule has 0 bridgehead atoms. The van der Waals surface area contributed by atoms with E-state index in [0.717, 1.165) is 17.5 Å². The van der Waals surface area contributed by atoms with E-state index in [1.165, 1.54) is 0 Å². The second kappa shape index (κ2) is 4.78. The van der Waals surface area contributed by atoms with Crippen LogP contribution in [-0.2, 0) is 16.0 Å². The Labute approximate surface area is 104 Å². The van der Waals surface area contributed by atoms with Crippen LogP contribution < -0.4 is 0 Å². The van der Waals surface area contributed by atoms with Crippen LogP contribution in [-0.4, -0.2) is 33.4 Å². The molecule has 0 aliphatic heterocycles. The average Bonchev–Trinajstić information content (AvgIpc) is 2.73. The average molecular weight is 250 g/mol. The largest absolute Gasteiger partial charge is 0.481 e. The summed E-state index contributed by atoms with van der Waals surface area (Å²) in [5, 5.41) is 27.5. The molecular formula is C13H14O5. The van der Waals surface area contributed by atoms with Crippen LogP contribution in [0.1, 0.15) is 23.5 Å². The van der Waals surface area contributed by atoms with Crippen molar-refractivity contribution in [3.63, 3.8) is 0 Å². The molecule has 0 saturated heterocycles. The first-order valence-electron chi connectivity index (χ1n) is 5.74. The Hall–Kier alpha value is -1.88. The monoisotopic (exact) mass is 250 g/mol. The summed E-state index contributed by atoms with van der Waals surface area (Å²) in [6.45, 7) is 0. The number of carboxylic acids is 2. The molecule has 0 radical (unpaired) electrons. The third-order valence-electron chi connectivity index (χ3n) is 3.49. The summed E-state index contributed by atoms with van der Waals surface area (Å²) < 4.78 is 0. The van der Waals surface area contributed by atoms with Crippen molar-refractivity contribution in [1.29, 1.82) is 0 Å². The summed E-state index contributed by atoms with van der Waals surface area (Å²) in [7, 11) is 0. The quantitative estimate of drug-likeness (QED) is 0.736. The Morgan fingerprint density at radius 3 is 2.44 bits per heavy atom. The maximum Gasteiger partial charge on any atom is 0.333 e. The molecule has 2 unspecified atom stereocenters. The van der Waals surface area contributed by atoms with E-state index in [1.54, 1.807) is 12.1 Å². The Bertz CT molecular complexity index is 482. The fraction of sp³-hybridized carbons (Fsp3) is 0.385. The molecule has 1 aliphatic carbocycles. The van der Waals surface area contributed by atoms with Crippen LogP contribution in [0.15, 0.2) is 24.3 Å². The van der Waals surface area contributed by atoms with Gasteiger partial charge in [0.25, 0.3) is 0 Å². The molecule has 18 heavy (non-hydrogen) atoms. The van der Waals surface area contributed by atoms with Gasteiger partial charge >= 0.3 is 11.9 Å². The first-order valence-corrected chi connectivity index (χ1v) is 5.74. The minimum atomic E-state index is -1.88. The molecule has 5 nitrogen and oxygen atoms in total. The van der Waals surface area contributed by atoms with Crippen molar-refractivity contribution in [1.82, 2.24) is 0 Å². The Morgan fingerprint density at radius 1 is 1.17 bits per heavy atom. The van der Waals surface area contributed by atoms with Gasteiger partial charge in [-0.15, -0.1) is 0 Å². The third kappa shape index (κ3) is 2.09. The molecule has 3 N–H and O–H groups in total. The topological polar surface area (TPSA) is 94.8 Å². The highest BCUT2D eigenvalue weighted by atomic mass is 16.4. The van der Waals surface area contributed by atoms with E-state index >= 15 is 0 Å². The van der Waals surface area contributed by atoms with Crippen LogP contribution in [0.2, 0.25) is 0 Å². The third-order valence-corrected chi connectivity index (χ3v) is 3.49. The number of carboxylic acid groups (broad SMARTS) is 2. The Morgan fingerprint density at radius 2 is 1.83 bits per heavy atom. The number of carbonyl (C=O) groups is 2. The summed E-state index contributed by atoms with van der Waals surface area (Å²) in [4.78, 5) is 22.0. The van der Waals surface area contributed by atoms with E-state index < -0.39 is 29.9 Å². The SMILES string of the molecule is O=C(O)C(C1CCc2ccccc21)[C@@H](O)C(=O)O. The molecule has 5 heteroatoms. The lowest BCUT2D eigenvalue weighted by Gasteiger charge is -2.22. The number of aliphatic carboxylic acids is 2. The number of hydrogen-bond donors (Lipinski definition) is 3. The minimum Gasteiger partial charge on any atom is -0.481 e. The van der Waals surface area contributed by atoms with Gasteiger partial charge in [-0.2, -0.15) is 0 Å². The second-order valence-corrected chi connectivity index (χ2v) is 4.49. The highest BCUT2D eigenvalue weighted by molar-refractivity contribution is 5.82. The summed E-state index contributed by atoms with van der Waals surface area (Å²) in [6, 6.07) is 7.37. The van der Waals surface area contributed by atoms with Crippen molar-refractivity contribution in [2.75, 3.05) is 0 Å². The van der Waals surface area contributed by atoms with Crippen LogP contribution >= 0.6 is 0 Å². The van der Waals surface area contributed by atoms with E-state index in [4.69, 9.17) is 10.2 Å². The summed E-state index contributed by atoms with van der Waals surface area (Å²) >= 11 is 0. The molecule has 0 aromatic heterocycles. The Balaban J connectivity index is 2.35. The molecule has 0 saturated carbocycles. The zero-order valence-corrected chi connectivity index (χ0v) is 9.61. The van der Waals surface area contributed by atoms with E-state index in [9.17, 15) is 14.7 Å². The molecule has 96 valence electrons. The van der Waals surface area contributed by atoms with Crippen molar-refractivity contribution in [2.24, 2.45) is 5.92 Å². The first-order chi connectivity index (χ1) is 8.52. The van der Waals surface area contributed by atoms with Gasteiger partial charge in [-0.3, -0.25) is 4.79 Å². The number of fused-ring (bicyclic) bond motifs is 1. The van der Waals surface area contributed by atoms with Gasteiger partial charge in [-0.1, -0.05) is 24.3 Å². The molecule has 0 spiro atoms. The first kappa shape index (κ1) is 12.6. The fourth-order valence-corrected chi connectivity index (χ4v) is 2.64. The zero-order chi connectivity index (χ0) is 13.3. The summed E-state index contributed by atoms with van der Waals surface area (Å²) in [5.74, 6) is -4.51. The smallest absolute Gasteiger partial charge is 0.333 e. The predicted octanol–water partition coefficient (Wildman–Crippen LogP) is 0.863. The number of aryl methyl sites for hydroxylation is 1. The molecule has 0 heterocycles. The minimum absolute atomic E-state index is 0.440. The maximum absolute atomic E-state index is 11.2. The predicted molar refractivity (Wildman–Crippen MR) is 62.3 cm³/mol. The van der Waals surface area contributed by atoms with E-state index in [1.807, 2.05) is 12.1 Å². The molecule has 1 aromatic rings. The molecular weight excluding hydrogens is 236 g/mol. The van der Waals surface area contributed by atoms with Gasteiger partial charge in [0.15, 0.2) is 6.10 Å². The second-order valence-electron chi connectivity index (χ2n) is 4.49. The van der Waals surface area contributed by atoms with Gasteiger partial charge in [-0.05, 0) is 24.0 Å². The van der Waals surface area contributed by atoms with Crippen LogP contribution in [0.3, 0.4) is 0 Å². The number of benzene rings is 1. The zero-order valence-electron chi connectivity index (χ0n) is 9.61. The molecule has 1 aliphatic rings. The highest BCUT2D eigenvalue weighted by Gasteiger charge is 2.41. The number of aliphatic hydroxyl groups is 1. The summed E-state index contributed by atoms with van der Waals surface area (Å²) in [5.41, 5.74) is 1.87. The lowest BCUT2D eigenvalue weighted by Crippen LogP contribution is -2.38. The standard InChI is InChI=1S/C13H14O5/c14-11(13(17)18)10(12(15)16)9-6-5-7-3-1-2-4-8(7)9/h1-4,9-11,14H,5-6H2,(H,15,16)(H,17,18)/t9?,10?,11-/m1/s1. The number of aliphatic hydroxyl groups excluding tert-OH is 1. The highest BCUT2D eigenvalue weighted by Crippen LogP contribution is 2.39. The number of hydrogen-bond acceptors (Lipinski definition) is 3. The van der Waals surface area contributed by atoms with Crippen molar-refractivity contribution < 1.29 is 24.9 Å². The Kier molecular flexibility index (Phi) is 3.34. The van der Waals surface area contributed by atoms with Crippen LogP contribution in [0.5, 0.6) is 0 Å². The van der Waals surface area contributed by atoms with Gasteiger partial charge < -0.3 is 15.3 Å². The molecule has 3 atom stereocenters. The molecule has 1 aromatic carbocycles. The lowest BCUT2D eigenvalue weighted by atomic mass is 9.83. The molecule has 0 amide bonds. The molecule has 2 rings (SSSR count). The summed E-state index contributed by atoms with van der Waals surface area (Å²) in [6.07, 6.45) is -0.601. The van der Waals surface area contributed by atoms with E-state index in [0.29, 0.717) is 6.42 Å². The normalized spacial score (nSPS) is 21.1. The van der Waals surface area contributed by atoms with Crippen LogP contribution in [0.25, 0.3) is 0 Å². The van der Waals surface area contributed by atoms with Crippen molar-refractivity contribution >= 4 is 11.9 Å². The molecule has 0 fully saturated rings. The van der Waals surface area contributed by atoms with Crippen LogP contribution in [0.4, 0.5) is 0 Å². The van der Waals surface area contributed by atoms with Gasteiger partial charge in [0, 0.05) is 5.92 Å². The number of rotatable bonds is 4. The van der Waals surface area contributed by atoms with Gasteiger partial charge in [-0.25, -0.2) is 4.79 Å². The van der Waals surface area contributed by atoms with Gasteiger partial charge in [0.1, 0.15) is 5.92 Å². The van der Waals surface area contributed by atoms with Crippen molar-refractivity contribution in [3.05, 3.63) is 35.4 Å². The van der Waals surface area contributed by atoms with Gasteiger partial charge in [0.2, 0.25) is 0 Å². The van der Waals surface area contributed by atoms with Crippen LogP contribution in [0, 0.1) is 5.92 Å². The van der Waals surface area contributed by atoms with Crippen molar-refractivity contribution in [3.8, 4) is 0 Å². The fourth-order valence-electron chi connectivity index (χ4n) is 2.64.